The Labute approximate surface area is 145 Å². The van der Waals surface area contributed by atoms with Crippen LogP contribution in [0.5, 0.6) is 5.75 Å². The van der Waals surface area contributed by atoms with E-state index in [1.165, 1.54) is 4.68 Å². The van der Waals surface area contributed by atoms with Gasteiger partial charge < -0.3 is 10.4 Å². The standard InChI is InChI=1S/C17H22N4O4/c1-9(2)13-7-14(10(3)6-15(13)22)18-16(23)8-20-12(5)17(21(24)25)11(4)19-20/h6-7,9,22H,8H2,1-5H3,(H,18,23). The molecule has 1 amide bonds. The van der Waals surface area contributed by atoms with Gasteiger partial charge in [0.25, 0.3) is 0 Å². The molecule has 2 N–H and O–H groups in total. The van der Waals surface area contributed by atoms with E-state index in [0.717, 1.165) is 11.1 Å². The second-order valence-electron chi connectivity index (χ2n) is 6.36. The normalized spacial score (nSPS) is 11.0. The maximum Gasteiger partial charge on any atom is 0.312 e. The summed E-state index contributed by atoms with van der Waals surface area (Å²) in [6.07, 6.45) is 0. The summed E-state index contributed by atoms with van der Waals surface area (Å²) >= 11 is 0. The number of amides is 1. The Morgan fingerprint density at radius 2 is 2.00 bits per heavy atom. The lowest BCUT2D eigenvalue weighted by atomic mass is 9.99. The third-order valence-corrected chi connectivity index (χ3v) is 4.09. The molecule has 25 heavy (non-hydrogen) atoms. The number of hydrogen-bond donors (Lipinski definition) is 2. The second-order valence-corrected chi connectivity index (χ2v) is 6.36. The van der Waals surface area contributed by atoms with Crippen molar-refractivity contribution < 1.29 is 14.8 Å². The fourth-order valence-electron chi connectivity index (χ4n) is 2.74. The second kappa shape index (κ2) is 6.92. The van der Waals surface area contributed by atoms with Crippen molar-refractivity contribution >= 4 is 17.3 Å². The van der Waals surface area contributed by atoms with Crippen LogP contribution in [0.3, 0.4) is 0 Å². The smallest absolute Gasteiger partial charge is 0.312 e. The van der Waals surface area contributed by atoms with E-state index >= 15 is 0 Å². The van der Waals surface area contributed by atoms with E-state index in [9.17, 15) is 20.0 Å². The number of rotatable bonds is 5. The molecule has 0 atom stereocenters. The first-order valence-electron chi connectivity index (χ1n) is 7.93. The Kier molecular flexibility index (Phi) is 5.10. The van der Waals surface area contributed by atoms with Crippen LogP contribution in [-0.4, -0.2) is 25.7 Å². The molecule has 8 nitrogen and oxygen atoms in total. The van der Waals surface area contributed by atoms with Gasteiger partial charge in [-0.2, -0.15) is 5.10 Å². The van der Waals surface area contributed by atoms with Crippen LogP contribution in [-0.2, 0) is 11.3 Å². The molecule has 0 aliphatic heterocycles. The van der Waals surface area contributed by atoms with Crippen molar-refractivity contribution in [1.82, 2.24) is 9.78 Å². The summed E-state index contributed by atoms with van der Waals surface area (Å²) in [7, 11) is 0. The Balaban J connectivity index is 2.23. The van der Waals surface area contributed by atoms with Gasteiger partial charge in [0.05, 0.1) is 4.92 Å². The van der Waals surface area contributed by atoms with Gasteiger partial charge in [0.2, 0.25) is 5.91 Å². The molecule has 0 aliphatic rings. The van der Waals surface area contributed by atoms with E-state index in [1.54, 1.807) is 32.9 Å². The summed E-state index contributed by atoms with van der Waals surface area (Å²) in [6.45, 7) is 8.66. The number of benzene rings is 1. The number of aryl methyl sites for hydroxylation is 2. The Hall–Kier alpha value is -2.90. The van der Waals surface area contributed by atoms with Crippen molar-refractivity contribution in [3.8, 4) is 5.75 Å². The molecule has 0 fully saturated rings. The van der Waals surface area contributed by atoms with Crippen LogP contribution in [0.15, 0.2) is 12.1 Å². The summed E-state index contributed by atoms with van der Waals surface area (Å²) in [4.78, 5) is 22.9. The molecule has 1 aromatic heterocycles. The fraction of sp³-hybridized carbons (Fsp3) is 0.412. The number of aromatic nitrogens is 2. The van der Waals surface area contributed by atoms with Gasteiger partial charge in [0, 0.05) is 5.69 Å². The molecule has 0 radical (unpaired) electrons. The Bertz CT molecular complexity index is 840. The van der Waals surface area contributed by atoms with Gasteiger partial charge in [-0.05, 0) is 49.9 Å². The third kappa shape index (κ3) is 3.78. The molecular formula is C17H22N4O4. The zero-order valence-corrected chi connectivity index (χ0v) is 15.0. The molecule has 0 aliphatic carbocycles. The van der Waals surface area contributed by atoms with E-state index in [4.69, 9.17) is 0 Å². The van der Waals surface area contributed by atoms with Gasteiger partial charge in [0.15, 0.2) is 0 Å². The van der Waals surface area contributed by atoms with E-state index in [2.05, 4.69) is 10.4 Å². The summed E-state index contributed by atoms with van der Waals surface area (Å²) in [6, 6.07) is 3.36. The predicted octanol–water partition coefficient (Wildman–Crippen LogP) is 3.18. The van der Waals surface area contributed by atoms with E-state index < -0.39 is 4.92 Å². The van der Waals surface area contributed by atoms with Crippen molar-refractivity contribution in [2.75, 3.05) is 5.32 Å². The number of nitrogens with one attached hydrogen (secondary N) is 1. The zero-order chi connectivity index (χ0) is 18.9. The summed E-state index contributed by atoms with van der Waals surface area (Å²) in [5.41, 5.74) is 2.61. The third-order valence-electron chi connectivity index (χ3n) is 4.09. The van der Waals surface area contributed by atoms with Crippen molar-refractivity contribution in [3.05, 3.63) is 44.8 Å². The number of hydrogen-bond acceptors (Lipinski definition) is 5. The molecule has 0 saturated heterocycles. The number of anilines is 1. The lowest BCUT2D eigenvalue weighted by Crippen LogP contribution is -2.21. The first kappa shape index (κ1) is 18.4. The number of nitrogens with zero attached hydrogens (tertiary/aromatic N) is 3. The van der Waals surface area contributed by atoms with Crippen LogP contribution in [0.25, 0.3) is 0 Å². The highest BCUT2D eigenvalue weighted by Crippen LogP contribution is 2.31. The first-order valence-corrected chi connectivity index (χ1v) is 7.93. The maximum absolute atomic E-state index is 12.3. The number of nitro groups is 1. The van der Waals surface area contributed by atoms with Crippen molar-refractivity contribution in [2.45, 2.75) is 47.1 Å². The molecular weight excluding hydrogens is 324 g/mol. The van der Waals surface area contributed by atoms with Gasteiger partial charge in [0.1, 0.15) is 23.7 Å². The number of carbonyl (C=O) groups is 1. The fourth-order valence-corrected chi connectivity index (χ4v) is 2.74. The van der Waals surface area contributed by atoms with Gasteiger partial charge in [-0.1, -0.05) is 13.8 Å². The van der Waals surface area contributed by atoms with Crippen LogP contribution in [0.1, 0.15) is 42.3 Å². The van der Waals surface area contributed by atoms with Crippen LogP contribution in [0.4, 0.5) is 11.4 Å². The molecule has 2 rings (SSSR count). The number of aromatic hydroxyl groups is 1. The lowest BCUT2D eigenvalue weighted by Gasteiger charge is -2.14. The molecule has 0 spiro atoms. The highest BCUT2D eigenvalue weighted by Gasteiger charge is 2.23. The first-order chi connectivity index (χ1) is 11.6. The molecule has 0 unspecified atom stereocenters. The Morgan fingerprint density at radius 1 is 1.36 bits per heavy atom. The van der Waals surface area contributed by atoms with Gasteiger partial charge in [-0.3, -0.25) is 19.6 Å². The molecule has 1 aromatic carbocycles. The average molecular weight is 346 g/mol. The van der Waals surface area contributed by atoms with E-state index in [1.807, 2.05) is 13.8 Å². The van der Waals surface area contributed by atoms with Crippen molar-refractivity contribution in [2.24, 2.45) is 0 Å². The number of phenolic OH excluding ortho intramolecular Hbond substituents is 1. The van der Waals surface area contributed by atoms with E-state index in [-0.39, 0.29) is 35.5 Å². The summed E-state index contributed by atoms with van der Waals surface area (Å²) in [5, 5.41) is 27.9. The minimum Gasteiger partial charge on any atom is -0.508 e. The molecule has 0 saturated carbocycles. The zero-order valence-electron chi connectivity index (χ0n) is 15.0. The lowest BCUT2D eigenvalue weighted by molar-refractivity contribution is -0.386. The minimum absolute atomic E-state index is 0.0734. The number of phenols is 1. The molecule has 134 valence electrons. The topological polar surface area (TPSA) is 110 Å². The number of carbonyl (C=O) groups excluding carboxylic acids is 1. The van der Waals surface area contributed by atoms with Crippen LogP contribution in [0.2, 0.25) is 0 Å². The van der Waals surface area contributed by atoms with E-state index in [0.29, 0.717) is 11.4 Å². The highest BCUT2D eigenvalue weighted by molar-refractivity contribution is 5.91. The van der Waals surface area contributed by atoms with Crippen LogP contribution < -0.4 is 5.32 Å². The highest BCUT2D eigenvalue weighted by atomic mass is 16.6. The molecule has 8 heteroatoms. The summed E-state index contributed by atoms with van der Waals surface area (Å²) in [5.74, 6) is -0.0430. The van der Waals surface area contributed by atoms with Crippen LogP contribution in [0, 0.1) is 30.9 Å². The average Bonchev–Trinajstić information content (AvgIpc) is 2.75. The Morgan fingerprint density at radius 3 is 2.52 bits per heavy atom. The van der Waals surface area contributed by atoms with Crippen molar-refractivity contribution in [3.63, 3.8) is 0 Å². The molecule has 1 heterocycles. The van der Waals surface area contributed by atoms with Gasteiger partial charge in [-0.25, -0.2) is 0 Å². The SMILES string of the molecule is Cc1cc(O)c(C(C)C)cc1NC(=O)Cn1nc(C)c([N+](=O)[O-])c1C. The molecule has 2 aromatic rings. The van der Waals surface area contributed by atoms with Gasteiger partial charge in [-0.15, -0.1) is 0 Å². The minimum atomic E-state index is -0.495. The van der Waals surface area contributed by atoms with Crippen molar-refractivity contribution in [1.29, 1.82) is 0 Å². The van der Waals surface area contributed by atoms with Gasteiger partial charge >= 0.3 is 5.69 Å². The van der Waals surface area contributed by atoms with Crippen LogP contribution >= 0.6 is 0 Å². The largest absolute Gasteiger partial charge is 0.508 e. The maximum atomic E-state index is 12.3. The summed E-state index contributed by atoms with van der Waals surface area (Å²) < 4.78 is 1.32. The quantitative estimate of drug-likeness (QED) is 0.491. The predicted molar refractivity (Wildman–Crippen MR) is 93.9 cm³/mol. The monoisotopic (exact) mass is 346 g/mol. The molecule has 0 bridgehead atoms.